The third-order valence-corrected chi connectivity index (χ3v) is 11.9. The van der Waals surface area contributed by atoms with Gasteiger partial charge in [0.2, 0.25) is 0 Å². The SMILES string of the molecule is CC(C)c1cccc(C(C)C)c1N(c1c(C(C)C)cccc1C(C)C)C(C)CC(C)N(c1c(C(C)C)cccc1C(C)C)c1c(C(C)C)cccc1C(C)C. The average molecular weight is 743 g/mol. The van der Waals surface area contributed by atoms with Crippen LogP contribution >= 0.6 is 0 Å². The fourth-order valence-electron chi connectivity index (χ4n) is 8.97. The zero-order valence-electron chi connectivity index (χ0n) is 38.3. The van der Waals surface area contributed by atoms with Gasteiger partial charge in [-0.1, -0.05) is 184 Å². The Morgan fingerprint density at radius 1 is 0.273 bits per heavy atom. The molecule has 2 nitrogen and oxygen atoms in total. The van der Waals surface area contributed by atoms with Crippen molar-refractivity contribution in [2.45, 2.75) is 190 Å². The van der Waals surface area contributed by atoms with Gasteiger partial charge in [0.25, 0.3) is 0 Å². The summed E-state index contributed by atoms with van der Waals surface area (Å²) < 4.78 is 0. The first kappa shape index (κ1) is 44.2. The van der Waals surface area contributed by atoms with Crippen LogP contribution in [0.15, 0.2) is 72.8 Å². The van der Waals surface area contributed by atoms with Crippen molar-refractivity contribution in [1.29, 1.82) is 0 Å². The molecule has 0 saturated heterocycles. The molecule has 300 valence electrons. The van der Waals surface area contributed by atoms with Crippen LogP contribution in [0.4, 0.5) is 22.7 Å². The summed E-state index contributed by atoms with van der Waals surface area (Å²) in [5.74, 6) is 3.14. The molecule has 2 heteroatoms. The minimum absolute atomic E-state index is 0.203. The number of anilines is 4. The number of hydrogen-bond acceptors (Lipinski definition) is 2. The maximum Gasteiger partial charge on any atom is 0.0483 e. The van der Waals surface area contributed by atoms with Crippen LogP contribution in [0.2, 0.25) is 0 Å². The molecule has 0 aliphatic carbocycles. The highest BCUT2D eigenvalue weighted by Gasteiger charge is 2.34. The van der Waals surface area contributed by atoms with E-state index in [1.807, 2.05) is 0 Å². The highest BCUT2D eigenvalue weighted by atomic mass is 15.2. The van der Waals surface area contributed by atoms with Crippen LogP contribution in [-0.4, -0.2) is 12.1 Å². The second kappa shape index (κ2) is 18.6. The van der Waals surface area contributed by atoms with Gasteiger partial charge in [-0.3, -0.25) is 0 Å². The standard InChI is InChI=1S/C53H78N2/c1-32(2)42-23-19-24-43(33(3)4)50(42)54(51-44(34(5)6)25-20-26-45(51)35(7)8)40(17)31-41(18)55(52-46(36(9)10)27-21-28-47(52)37(11)12)53-48(38(13)14)29-22-30-49(53)39(15)16/h19-30,32-41H,31H2,1-18H3. The van der Waals surface area contributed by atoms with Crippen LogP contribution in [0.5, 0.6) is 0 Å². The average Bonchev–Trinajstić information content (AvgIpc) is 3.11. The minimum Gasteiger partial charge on any atom is -0.338 e. The molecule has 0 fully saturated rings. The molecule has 0 aromatic heterocycles. The summed E-state index contributed by atoms with van der Waals surface area (Å²) in [6, 6.07) is 28.8. The Hall–Kier alpha value is -3.52. The summed E-state index contributed by atoms with van der Waals surface area (Å²) in [7, 11) is 0. The van der Waals surface area contributed by atoms with Crippen LogP contribution in [0, 0.1) is 0 Å². The monoisotopic (exact) mass is 743 g/mol. The first-order valence-corrected chi connectivity index (χ1v) is 21.9. The smallest absolute Gasteiger partial charge is 0.0483 e. The van der Waals surface area contributed by atoms with Gasteiger partial charge in [-0.25, -0.2) is 0 Å². The predicted molar refractivity (Wildman–Crippen MR) is 246 cm³/mol. The van der Waals surface area contributed by atoms with Crippen LogP contribution in [0.3, 0.4) is 0 Å². The van der Waals surface area contributed by atoms with E-state index < -0.39 is 0 Å². The maximum atomic E-state index is 2.83. The second-order valence-electron chi connectivity index (χ2n) is 19.1. The van der Waals surface area contributed by atoms with Gasteiger partial charge in [0.05, 0.1) is 0 Å². The molecule has 55 heavy (non-hydrogen) atoms. The lowest BCUT2D eigenvalue weighted by molar-refractivity contribution is 0.549. The van der Waals surface area contributed by atoms with Gasteiger partial charge in [-0.05, 0) is 112 Å². The Morgan fingerprint density at radius 3 is 0.545 bits per heavy atom. The molecule has 0 N–H and O–H groups in total. The Morgan fingerprint density at radius 2 is 0.418 bits per heavy atom. The summed E-state index contributed by atoms with van der Waals surface area (Å²) in [6.07, 6.45) is 0.988. The lowest BCUT2D eigenvalue weighted by Crippen LogP contribution is -2.40. The van der Waals surface area contributed by atoms with Gasteiger partial charge in [-0.15, -0.1) is 0 Å². The van der Waals surface area contributed by atoms with Crippen molar-refractivity contribution < 1.29 is 0 Å². The van der Waals surface area contributed by atoms with Crippen LogP contribution in [-0.2, 0) is 0 Å². The van der Waals surface area contributed by atoms with E-state index in [0.717, 1.165) is 6.42 Å². The molecule has 0 amide bonds. The summed E-state index contributed by atoms with van der Waals surface area (Å²) >= 11 is 0. The number of para-hydroxylation sites is 4. The molecule has 0 heterocycles. The normalized spacial score (nSPS) is 13.4. The molecule has 0 saturated carbocycles. The van der Waals surface area contributed by atoms with E-state index in [1.165, 1.54) is 67.3 Å². The number of hydrogen-bond donors (Lipinski definition) is 0. The minimum atomic E-state index is 0.203. The molecule has 0 bridgehead atoms. The van der Waals surface area contributed by atoms with E-state index in [2.05, 4.69) is 207 Å². The van der Waals surface area contributed by atoms with Crippen molar-refractivity contribution in [1.82, 2.24) is 0 Å². The molecular formula is C53H78N2. The van der Waals surface area contributed by atoms with Crippen molar-refractivity contribution in [3.63, 3.8) is 0 Å². The third-order valence-electron chi connectivity index (χ3n) is 11.9. The zero-order valence-corrected chi connectivity index (χ0v) is 38.3. The van der Waals surface area contributed by atoms with Crippen LogP contribution < -0.4 is 9.80 Å². The molecule has 4 rings (SSSR count). The fourth-order valence-corrected chi connectivity index (χ4v) is 8.97. The van der Waals surface area contributed by atoms with Crippen LogP contribution in [0.25, 0.3) is 0 Å². The van der Waals surface area contributed by atoms with E-state index >= 15 is 0 Å². The number of rotatable bonds is 16. The molecule has 4 aromatic rings. The molecule has 2 unspecified atom stereocenters. The second-order valence-corrected chi connectivity index (χ2v) is 19.1. The van der Waals surface area contributed by atoms with Gasteiger partial charge < -0.3 is 9.80 Å². The molecule has 0 aliphatic rings. The van der Waals surface area contributed by atoms with Crippen molar-refractivity contribution in [3.8, 4) is 0 Å². The summed E-state index contributed by atoms with van der Waals surface area (Å²) in [5.41, 5.74) is 17.2. The summed E-state index contributed by atoms with van der Waals surface area (Å²) in [4.78, 5) is 5.67. The molecule has 0 aliphatic heterocycles. The number of nitrogens with zero attached hydrogens (tertiary/aromatic N) is 2. The molecular weight excluding hydrogens is 665 g/mol. The van der Waals surface area contributed by atoms with Crippen molar-refractivity contribution >= 4 is 22.7 Å². The Balaban J connectivity index is 2.14. The lowest BCUT2D eigenvalue weighted by atomic mass is 9.85. The highest BCUT2D eigenvalue weighted by molar-refractivity contribution is 5.79. The molecule has 2 atom stereocenters. The van der Waals surface area contributed by atoms with Gasteiger partial charge in [0.1, 0.15) is 0 Å². The van der Waals surface area contributed by atoms with Gasteiger partial charge in [0.15, 0.2) is 0 Å². The molecule has 0 spiro atoms. The first-order valence-electron chi connectivity index (χ1n) is 21.9. The largest absolute Gasteiger partial charge is 0.338 e. The van der Waals surface area contributed by atoms with E-state index in [-0.39, 0.29) is 12.1 Å². The third kappa shape index (κ3) is 9.38. The van der Waals surface area contributed by atoms with E-state index in [1.54, 1.807) is 0 Å². The maximum absolute atomic E-state index is 2.83. The van der Waals surface area contributed by atoms with E-state index in [9.17, 15) is 0 Å². The van der Waals surface area contributed by atoms with Gasteiger partial charge in [0, 0.05) is 34.8 Å². The summed E-state index contributed by atoms with van der Waals surface area (Å²) in [5, 5.41) is 0. The number of benzene rings is 4. The fraction of sp³-hybridized carbons (Fsp3) is 0.547. The van der Waals surface area contributed by atoms with Crippen molar-refractivity contribution in [3.05, 3.63) is 117 Å². The Kier molecular flexibility index (Phi) is 15.0. The van der Waals surface area contributed by atoms with Gasteiger partial charge in [-0.2, -0.15) is 0 Å². The lowest BCUT2D eigenvalue weighted by Gasteiger charge is -2.44. The Bertz CT molecular complexity index is 1490. The topological polar surface area (TPSA) is 6.48 Å². The highest BCUT2D eigenvalue weighted by Crippen LogP contribution is 2.49. The van der Waals surface area contributed by atoms with Crippen molar-refractivity contribution in [2.75, 3.05) is 9.80 Å². The molecule has 4 aromatic carbocycles. The van der Waals surface area contributed by atoms with E-state index in [0.29, 0.717) is 47.3 Å². The van der Waals surface area contributed by atoms with Crippen LogP contribution in [0.1, 0.15) is 223 Å². The summed E-state index contributed by atoms with van der Waals surface area (Å²) in [6.45, 7) is 43.0. The van der Waals surface area contributed by atoms with Crippen molar-refractivity contribution in [2.24, 2.45) is 0 Å². The quantitative estimate of drug-likeness (QED) is 0.113. The van der Waals surface area contributed by atoms with E-state index in [4.69, 9.17) is 0 Å². The zero-order chi connectivity index (χ0) is 41.0. The van der Waals surface area contributed by atoms with Gasteiger partial charge >= 0.3 is 0 Å². The Labute approximate surface area is 339 Å². The first-order chi connectivity index (χ1) is 25.8. The molecule has 0 radical (unpaired) electrons. The predicted octanol–water partition coefficient (Wildman–Crippen LogP) is 16.8.